The highest BCUT2D eigenvalue weighted by Gasteiger charge is 1.99. The average Bonchev–Trinajstić information content (AvgIpc) is 2.38. The van der Waals surface area contributed by atoms with Crippen LogP contribution in [0.2, 0.25) is 0 Å². The number of nitrogens with zero attached hydrogens (tertiary/aromatic N) is 1. The Kier molecular flexibility index (Phi) is 6.07. The average molecular weight is 256 g/mol. The Labute approximate surface area is 116 Å². The van der Waals surface area contributed by atoms with Crippen LogP contribution in [0.5, 0.6) is 0 Å². The fourth-order valence-electron chi connectivity index (χ4n) is 1.59. The van der Waals surface area contributed by atoms with Gasteiger partial charge in [0, 0.05) is 18.0 Å². The molecule has 102 valence electrons. The number of hydrogen-bond donors (Lipinski definition) is 1. The molecule has 1 aromatic heterocycles. The van der Waals surface area contributed by atoms with Gasteiger partial charge in [-0.05, 0) is 29.5 Å². The van der Waals surface area contributed by atoms with Crippen molar-refractivity contribution in [3.63, 3.8) is 0 Å². The van der Waals surface area contributed by atoms with Crippen molar-refractivity contribution >= 4 is 5.69 Å². The monoisotopic (exact) mass is 256 g/mol. The molecule has 1 aromatic carbocycles. The summed E-state index contributed by atoms with van der Waals surface area (Å²) in [5, 5.41) is 0. The molecule has 0 unspecified atom stereocenters. The lowest BCUT2D eigenvalue weighted by atomic mass is 10.0. The van der Waals surface area contributed by atoms with E-state index >= 15 is 0 Å². The van der Waals surface area contributed by atoms with Crippen LogP contribution >= 0.6 is 0 Å². The van der Waals surface area contributed by atoms with Crippen LogP contribution < -0.4 is 5.73 Å². The van der Waals surface area contributed by atoms with Crippen LogP contribution in [0.15, 0.2) is 42.7 Å². The highest BCUT2D eigenvalue weighted by atomic mass is 14.7. The maximum atomic E-state index is 5.70. The number of nitrogens with two attached hydrogens (primary N) is 1. The van der Waals surface area contributed by atoms with Crippen molar-refractivity contribution in [3.05, 3.63) is 48.3 Å². The zero-order chi connectivity index (χ0) is 14.3. The minimum absolute atomic E-state index is 0.703. The molecule has 2 rings (SSSR count). The molecule has 0 aliphatic rings. The van der Waals surface area contributed by atoms with Crippen LogP contribution in [0.4, 0.5) is 5.69 Å². The number of rotatable bonds is 2. The SMILES string of the molecule is CC(C)C.CCc1cccc(-c2cncc(N)c2)c1. The zero-order valence-corrected chi connectivity index (χ0v) is 12.4. The van der Waals surface area contributed by atoms with Crippen LogP contribution in [0, 0.1) is 5.92 Å². The molecule has 19 heavy (non-hydrogen) atoms. The lowest BCUT2D eigenvalue weighted by molar-refractivity contribution is 0.737. The molecule has 0 aliphatic heterocycles. The molecule has 0 spiro atoms. The maximum absolute atomic E-state index is 5.70. The summed E-state index contributed by atoms with van der Waals surface area (Å²) in [6, 6.07) is 10.4. The van der Waals surface area contributed by atoms with Crippen molar-refractivity contribution in [1.29, 1.82) is 0 Å². The van der Waals surface area contributed by atoms with E-state index in [1.54, 1.807) is 6.20 Å². The van der Waals surface area contributed by atoms with Crippen LogP contribution in [-0.4, -0.2) is 4.98 Å². The van der Waals surface area contributed by atoms with Gasteiger partial charge in [0.1, 0.15) is 0 Å². The van der Waals surface area contributed by atoms with E-state index in [0.717, 1.165) is 17.9 Å². The van der Waals surface area contributed by atoms with E-state index in [1.165, 1.54) is 11.1 Å². The van der Waals surface area contributed by atoms with Gasteiger partial charge >= 0.3 is 0 Å². The molecule has 2 nitrogen and oxygen atoms in total. The van der Waals surface area contributed by atoms with Gasteiger partial charge < -0.3 is 5.73 Å². The minimum atomic E-state index is 0.703. The third-order valence-electron chi connectivity index (χ3n) is 2.43. The van der Waals surface area contributed by atoms with E-state index in [1.807, 2.05) is 12.3 Å². The fraction of sp³-hybridized carbons (Fsp3) is 0.353. The topological polar surface area (TPSA) is 38.9 Å². The van der Waals surface area contributed by atoms with Gasteiger partial charge in [-0.2, -0.15) is 0 Å². The molecule has 2 aromatic rings. The Morgan fingerprint density at radius 2 is 1.74 bits per heavy atom. The maximum Gasteiger partial charge on any atom is 0.0506 e. The quantitative estimate of drug-likeness (QED) is 0.855. The normalized spacial score (nSPS) is 9.95. The zero-order valence-electron chi connectivity index (χ0n) is 12.4. The lowest BCUT2D eigenvalue weighted by Gasteiger charge is -2.04. The van der Waals surface area contributed by atoms with Gasteiger partial charge in [0.05, 0.1) is 5.69 Å². The Morgan fingerprint density at radius 1 is 1.05 bits per heavy atom. The first kappa shape index (κ1) is 15.2. The van der Waals surface area contributed by atoms with E-state index in [2.05, 4.69) is 56.9 Å². The van der Waals surface area contributed by atoms with Crippen molar-refractivity contribution in [2.45, 2.75) is 34.1 Å². The standard InChI is InChI=1S/C13H14N2.C4H10/c1-2-10-4-3-5-11(6-10)12-7-13(14)9-15-8-12;1-4(2)3/h3-9H,2,14H2,1H3;4H,1-3H3. The van der Waals surface area contributed by atoms with Gasteiger partial charge in [0.15, 0.2) is 0 Å². The smallest absolute Gasteiger partial charge is 0.0506 e. The summed E-state index contributed by atoms with van der Waals surface area (Å²) >= 11 is 0. The van der Waals surface area contributed by atoms with E-state index in [4.69, 9.17) is 5.73 Å². The molecule has 1 heterocycles. The lowest BCUT2D eigenvalue weighted by Crippen LogP contribution is -1.88. The molecule has 0 saturated carbocycles. The molecule has 0 fully saturated rings. The summed E-state index contributed by atoms with van der Waals surface area (Å²) in [7, 11) is 0. The van der Waals surface area contributed by atoms with Crippen LogP contribution in [0.1, 0.15) is 33.3 Å². The summed E-state index contributed by atoms with van der Waals surface area (Å²) in [5.74, 6) is 0.833. The number of pyridine rings is 1. The van der Waals surface area contributed by atoms with Crippen molar-refractivity contribution in [3.8, 4) is 11.1 Å². The van der Waals surface area contributed by atoms with E-state index in [-0.39, 0.29) is 0 Å². The molecular formula is C17H24N2. The van der Waals surface area contributed by atoms with Gasteiger partial charge in [-0.25, -0.2) is 0 Å². The van der Waals surface area contributed by atoms with E-state index in [0.29, 0.717) is 5.69 Å². The van der Waals surface area contributed by atoms with Crippen molar-refractivity contribution in [1.82, 2.24) is 4.98 Å². The summed E-state index contributed by atoms with van der Waals surface area (Å²) in [6.45, 7) is 8.65. The third kappa shape index (κ3) is 5.56. The third-order valence-corrected chi connectivity index (χ3v) is 2.43. The number of hydrogen-bond acceptors (Lipinski definition) is 2. The fourth-order valence-corrected chi connectivity index (χ4v) is 1.59. The Morgan fingerprint density at radius 3 is 2.32 bits per heavy atom. The summed E-state index contributed by atoms with van der Waals surface area (Å²) < 4.78 is 0. The summed E-state index contributed by atoms with van der Waals surface area (Å²) in [6.07, 6.45) is 4.54. The highest BCUT2D eigenvalue weighted by molar-refractivity contribution is 5.66. The minimum Gasteiger partial charge on any atom is -0.397 e. The van der Waals surface area contributed by atoms with Crippen molar-refractivity contribution in [2.75, 3.05) is 5.73 Å². The second-order valence-corrected chi connectivity index (χ2v) is 5.29. The summed E-state index contributed by atoms with van der Waals surface area (Å²) in [4.78, 5) is 4.09. The largest absolute Gasteiger partial charge is 0.397 e. The first-order valence-electron chi connectivity index (χ1n) is 6.82. The molecule has 2 heteroatoms. The Hall–Kier alpha value is -1.83. The van der Waals surface area contributed by atoms with E-state index in [9.17, 15) is 0 Å². The molecular weight excluding hydrogens is 232 g/mol. The van der Waals surface area contributed by atoms with Crippen molar-refractivity contribution < 1.29 is 0 Å². The highest BCUT2D eigenvalue weighted by Crippen LogP contribution is 2.21. The molecule has 0 saturated heterocycles. The number of nitrogen functional groups attached to an aromatic ring is 1. The second-order valence-electron chi connectivity index (χ2n) is 5.29. The Bertz CT molecular complexity index is 501. The van der Waals surface area contributed by atoms with Gasteiger partial charge in [-0.1, -0.05) is 52.0 Å². The molecule has 2 N–H and O–H groups in total. The first-order valence-corrected chi connectivity index (χ1v) is 6.82. The molecule has 0 aliphatic carbocycles. The molecule has 0 atom stereocenters. The first-order chi connectivity index (χ1) is 9.02. The van der Waals surface area contributed by atoms with Crippen LogP contribution in [0.3, 0.4) is 0 Å². The number of benzene rings is 1. The van der Waals surface area contributed by atoms with E-state index < -0.39 is 0 Å². The Balaban J connectivity index is 0.000000399. The predicted molar refractivity (Wildman–Crippen MR) is 84.0 cm³/mol. The molecule has 0 radical (unpaired) electrons. The van der Waals surface area contributed by atoms with Gasteiger partial charge in [0.2, 0.25) is 0 Å². The number of anilines is 1. The van der Waals surface area contributed by atoms with Crippen molar-refractivity contribution in [2.24, 2.45) is 5.92 Å². The molecule has 0 amide bonds. The number of aromatic nitrogens is 1. The van der Waals surface area contributed by atoms with Gasteiger partial charge in [-0.15, -0.1) is 0 Å². The van der Waals surface area contributed by atoms with Crippen LogP contribution in [0.25, 0.3) is 11.1 Å². The second kappa shape index (κ2) is 7.57. The van der Waals surface area contributed by atoms with Gasteiger partial charge in [0.25, 0.3) is 0 Å². The van der Waals surface area contributed by atoms with Gasteiger partial charge in [-0.3, -0.25) is 4.98 Å². The predicted octanol–water partition coefficient (Wildman–Crippen LogP) is 4.56. The number of aryl methyl sites for hydroxylation is 1. The van der Waals surface area contributed by atoms with Crippen LogP contribution in [-0.2, 0) is 6.42 Å². The molecule has 0 bridgehead atoms. The summed E-state index contributed by atoms with van der Waals surface area (Å²) in [5.41, 5.74) is 9.99.